The van der Waals surface area contributed by atoms with Gasteiger partial charge in [0.15, 0.2) is 7.83 Å². The van der Waals surface area contributed by atoms with Gasteiger partial charge in [0.1, 0.15) is 0 Å². The first-order valence-corrected chi connectivity index (χ1v) is 11.6. The first-order chi connectivity index (χ1) is 4.85. The van der Waals surface area contributed by atoms with Gasteiger partial charge in [-0.3, -0.25) is 0 Å². The summed E-state index contributed by atoms with van der Waals surface area (Å²) in [6.45, 7) is 12.0. The number of rotatable bonds is 0. The first-order valence-electron chi connectivity index (χ1n) is 4.53. The summed E-state index contributed by atoms with van der Waals surface area (Å²) in [5.41, 5.74) is 0. The summed E-state index contributed by atoms with van der Waals surface area (Å²) < 4.78 is 6.09. The molecule has 0 aromatic carbocycles. The Morgan fingerprint density at radius 2 is 1.73 bits per heavy atom. The fourth-order valence-corrected chi connectivity index (χ4v) is 8.56. The molecular weight excluding hydrogens is 168 g/mol. The topological polar surface area (TPSA) is 9.23 Å². The SMILES string of the molecule is CC1CC[Si](C)(C)[Si](C)(C)O1. The Labute approximate surface area is 72.1 Å². The number of hydrogen-bond donors (Lipinski definition) is 0. The Morgan fingerprint density at radius 3 is 2.09 bits per heavy atom. The second-order valence-corrected chi connectivity index (χ2v) is 20.1. The van der Waals surface area contributed by atoms with Crippen molar-refractivity contribution >= 4 is 15.4 Å². The summed E-state index contributed by atoms with van der Waals surface area (Å²) in [5.74, 6) is 0. The molecule has 1 aliphatic rings. The molecule has 0 spiro atoms. The third-order valence-corrected chi connectivity index (χ3v) is 20.0. The number of hydrogen-bond acceptors (Lipinski definition) is 1. The second-order valence-electron chi connectivity index (χ2n) is 4.86. The summed E-state index contributed by atoms with van der Waals surface area (Å²) in [6.07, 6.45) is 1.84. The summed E-state index contributed by atoms with van der Waals surface area (Å²) >= 11 is 0. The molecule has 0 amide bonds. The lowest BCUT2D eigenvalue weighted by Gasteiger charge is -2.44. The largest absolute Gasteiger partial charge is 0.417 e. The van der Waals surface area contributed by atoms with Crippen molar-refractivity contribution in [2.24, 2.45) is 0 Å². The van der Waals surface area contributed by atoms with E-state index in [2.05, 4.69) is 33.1 Å². The van der Waals surface area contributed by atoms with Gasteiger partial charge in [0.05, 0.1) is 7.59 Å². The zero-order valence-electron chi connectivity index (χ0n) is 8.40. The Kier molecular flexibility index (Phi) is 2.34. The van der Waals surface area contributed by atoms with Gasteiger partial charge in [0, 0.05) is 6.10 Å². The van der Waals surface area contributed by atoms with Crippen LogP contribution < -0.4 is 0 Å². The molecule has 0 bridgehead atoms. The van der Waals surface area contributed by atoms with E-state index in [4.69, 9.17) is 4.43 Å². The van der Waals surface area contributed by atoms with Crippen LogP contribution in [0.5, 0.6) is 0 Å². The van der Waals surface area contributed by atoms with Crippen molar-refractivity contribution in [3.63, 3.8) is 0 Å². The van der Waals surface area contributed by atoms with Gasteiger partial charge >= 0.3 is 0 Å². The van der Waals surface area contributed by atoms with Crippen LogP contribution in [-0.2, 0) is 4.43 Å². The van der Waals surface area contributed by atoms with E-state index in [1.165, 1.54) is 12.5 Å². The van der Waals surface area contributed by atoms with Crippen molar-refractivity contribution in [1.82, 2.24) is 0 Å². The van der Waals surface area contributed by atoms with Crippen LogP contribution in [0, 0.1) is 0 Å². The average molecular weight is 188 g/mol. The van der Waals surface area contributed by atoms with E-state index in [9.17, 15) is 0 Å². The third kappa shape index (κ3) is 1.76. The molecule has 1 atom stereocenters. The molecule has 1 aliphatic heterocycles. The Hall–Kier alpha value is 0.394. The lowest BCUT2D eigenvalue weighted by molar-refractivity contribution is 0.206. The maximum Gasteiger partial charge on any atom is 0.174 e. The van der Waals surface area contributed by atoms with E-state index in [0.29, 0.717) is 6.10 Å². The standard InChI is InChI=1S/C8H20OSi2/c1-8-6-7-10(2,3)11(4,5)9-8/h8H,6-7H2,1-5H3. The van der Waals surface area contributed by atoms with Crippen LogP contribution in [0.2, 0.25) is 32.2 Å². The van der Waals surface area contributed by atoms with Crippen molar-refractivity contribution in [2.75, 3.05) is 0 Å². The van der Waals surface area contributed by atoms with Gasteiger partial charge in [0.2, 0.25) is 0 Å². The van der Waals surface area contributed by atoms with Crippen LogP contribution in [-0.4, -0.2) is 21.5 Å². The molecule has 1 saturated heterocycles. The molecule has 11 heavy (non-hydrogen) atoms. The van der Waals surface area contributed by atoms with Crippen LogP contribution in [0.3, 0.4) is 0 Å². The minimum Gasteiger partial charge on any atom is -0.417 e. The lowest BCUT2D eigenvalue weighted by Crippen LogP contribution is -2.61. The normalized spacial score (nSPS) is 35.2. The second kappa shape index (κ2) is 2.71. The van der Waals surface area contributed by atoms with E-state index in [-0.39, 0.29) is 0 Å². The predicted molar refractivity (Wildman–Crippen MR) is 54.9 cm³/mol. The Balaban J connectivity index is 2.72. The summed E-state index contributed by atoms with van der Waals surface area (Å²) in [4.78, 5) is 0. The smallest absolute Gasteiger partial charge is 0.174 e. The first kappa shape index (κ1) is 9.48. The maximum atomic E-state index is 6.09. The van der Waals surface area contributed by atoms with E-state index in [1.807, 2.05) is 0 Å². The molecule has 0 saturated carbocycles. The van der Waals surface area contributed by atoms with Crippen LogP contribution in [0.15, 0.2) is 0 Å². The summed E-state index contributed by atoms with van der Waals surface area (Å²) in [6, 6.07) is 1.48. The summed E-state index contributed by atoms with van der Waals surface area (Å²) in [7, 11) is -2.19. The van der Waals surface area contributed by atoms with Crippen molar-refractivity contribution in [3.05, 3.63) is 0 Å². The molecule has 1 rings (SSSR count). The molecule has 0 aliphatic carbocycles. The molecule has 1 fully saturated rings. The van der Waals surface area contributed by atoms with Gasteiger partial charge in [-0.2, -0.15) is 0 Å². The fraction of sp³-hybridized carbons (Fsp3) is 1.00. The minimum atomic E-state index is -1.24. The molecule has 3 heteroatoms. The van der Waals surface area contributed by atoms with Gasteiger partial charge in [-0.1, -0.05) is 19.1 Å². The third-order valence-electron chi connectivity index (χ3n) is 3.30. The molecule has 66 valence electrons. The molecule has 0 radical (unpaired) electrons. The zero-order chi connectivity index (χ0) is 8.70. The van der Waals surface area contributed by atoms with E-state index < -0.39 is 15.4 Å². The predicted octanol–water partition coefficient (Wildman–Crippen LogP) is 2.79. The van der Waals surface area contributed by atoms with Crippen molar-refractivity contribution < 1.29 is 4.43 Å². The van der Waals surface area contributed by atoms with Crippen molar-refractivity contribution in [2.45, 2.75) is 51.7 Å². The average Bonchev–Trinajstić information content (AvgIpc) is 1.80. The van der Waals surface area contributed by atoms with Gasteiger partial charge in [-0.05, 0) is 26.4 Å². The molecule has 1 unspecified atom stereocenters. The van der Waals surface area contributed by atoms with Crippen LogP contribution >= 0.6 is 0 Å². The molecule has 0 aromatic heterocycles. The van der Waals surface area contributed by atoms with Crippen LogP contribution in [0.1, 0.15) is 13.3 Å². The van der Waals surface area contributed by atoms with Crippen molar-refractivity contribution in [1.29, 1.82) is 0 Å². The Morgan fingerprint density at radius 1 is 1.18 bits per heavy atom. The Bertz CT molecular complexity index is 154. The van der Waals surface area contributed by atoms with E-state index in [0.717, 1.165) is 0 Å². The zero-order valence-corrected chi connectivity index (χ0v) is 10.4. The van der Waals surface area contributed by atoms with Gasteiger partial charge < -0.3 is 4.43 Å². The van der Waals surface area contributed by atoms with Crippen LogP contribution in [0.25, 0.3) is 0 Å². The molecular formula is C8H20OSi2. The van der Waals surface area contributed by atoms with Crippen molar-refractivity contribution in [3.8, 4) is 0 Å². The molecule has 1 heterocycles. The molecule has 1 nitrogen and oxygen atoms in total. The highest BCUT2D eigenvalue weighted by molar-refractivity contribution is 7.38. The fourth-order valence-electron chi connectivity index (χ4n) is 1.59. The van der Waals surface area contributed by atoms with E-state index >= 15 is 0 Å². The monoisotopic (exact) mass is 188 g/mol. The lowest BCUT2D eigenvalue weighted by atomic mass is 10.3. The van der Waals surface area contributed by atoms with Gasteiger partial charge in [-0.15, -0.1) is 0 Å². The quantitative estimate of drug-likeness (QED) is 0.531. The van der Waals surface area contributed by atoms with Crippen LogP contribution in [0.4, 0.5) is 0 Å². The van der Waals surface area contributed by atoms with E-state index in [1.54, 1.807) is 0 Å². The summed E-state index contributed by atoms with van der Waals surface area (Å²) in [5, 5.41) is 0. The highest BCUT2D eigenvalue weighted by Crippen LogP contribution is 2.32. The maximum absolute atomic E-state index is 6.09. The van der Waals surface area contributed by atoms with Gasteiger partial charge in [-0.25, -0.2) is 0 Å². The highest BCUT2D eigenvalue weighted by Gasteiger charge is 2.46. The molecule has 0 N–H and O–H groups in total. The van der Waals surface area contributed by atoms with Gasteiger partial charge in [0.25, 0.3) is 0 Å². The molecule has 0 aromatic rings. The highest BCUT2D eigenvalue weighted by atomic mass is 29.3. The minimum absolute atomic E-state index is 0.539.